The number of nitrogens with one attached hydrogen (secondary N) is 1. The number of imidazole rings is 1. The van der Waals surface area contributed by atoms with Gasteiger partial charge in [0, 0.05) is 18.1 Å². The highest BCUT2D eigenvalue weighted by molar-refractivity contribution is 7.99. The van der Waals surface area contributed by atoms with Crippen molar-refractivity contribution in [2.45, 2.75) is 25.0 Å². The van der Waals surface area contributed by atoms with E-state index in [0.717, 1.165) is 28.5 Å². The Morgan fingerprint density at radius 3 is 2.66 bits per heavy atom. The van der Waals surface area contributed by atoms with E-state index >= 15 is 0 Å². The maximum atomic E-state index is 12.6. The van der Waals surface area contributed by atoms with Crippen LogP contribution in [0.2, 0.25) is 0 Å². The van der Waals surface area contributed by atoms with Crippen LogP contribution in [0.15, 0.2) is 72.4 Å². The second-order valence-electron chi connectivity index (χ2n) is 7.18. The number of aromatic nitrogens is 5. The molecule has 0 bridgehead atoms. The molecule has 2 aromatic heterocycles. The van der Waals surface area contributed by atoms with Gasteiger partial charge in [-0.15, -0.1) is 10.2 Å². The van der Waals surface area contributed by atoms with Crippen molar-refractivity contribution < 1.29 is 9.53 Å². The molecule has 4 aromatic rings. The summed E-state index contributed by atoms with van der Waals surface area (Å²) < 4.78 is 9.30. The molecule has 0 saturated carbocycles. The van der Waals surface area contributed by atoms with Gasteiger partial charge in [0.1, 0.15) is 11.6 Å². The number of amides is 1. The normalized spacial score (nSPS) is 11.8. The van der Waals surface area contributed by atoms with E-state index in [1.165, 1.54) is 11.8 Å². The van der Waals surface area contributed by atoms with Gasteiger partial charge in [0.15, 0.2) is 5.16 Å². The quantitative estimate of drug-likeness (QED) is 0.413. The number of nitrogens with zero attached hydrogens (tertiary/aromatic N) is 5. The molecule has 4 rings (SSSR count). The van der Waals surface area contributed by atoms with Crippen molar-refractivity contribution in [2.24, 2.45) is 0 Å². The average Bonchev–Trinajstić information content (AvgIpc) is 3.48. The Kier molecular flexibility index (Phi) is 6.55. The van der Waals surface area contributed by atoms with Crippen molar-refractivity contribution in [1.82, 2.24) is 29.6 Å². The molecule has 1 atom stereocenters. The van der Waals surface area contributed by atoms with Crippen LogP contribution in [0.25, 0.3) is 11.4 Å². The van der Waals surface area contributed by atoms with Crippen molar-refractivity contribution in [3.8, 4) is 17.1 Å². The van der Waals surface area contributed by atoms with Gasteiger partial charge < -0.3 is 14.6 Å². The van der Waals surface area contributed by atoms with Gasteiger partial charge in [-0.3, -0.25) is 9.36 Å². The van der Waals surface area contributed by atoms with Gasteiger partial charge in [0.05, 0.1) is 30.9 Å². The van der Waals surface area contributed by atoms with Crippen LogP contribution < -0.4 is 10.1 Å². The molecule has 0 spiro atoms. The minimum Gasteiger partial charge on any atom is -0.495 e. The molecule has 32 heavy (non-hydrogen) atoms. The maximum absolute atomic E-state index is 12.6. The van der Waals surface area contributed by atoms with Crippen molar-refractivity contribution in [1.29, 1.82) is 0 Å². The summed E-state index contributed by atoms with van der Waals surface area (Å²) in [5.74, 6) is 1.59. The summed E-state index contributed by atoms with van der Waals surface area (Å²) in [5.41, 5.74) is 2.89. The van der Waals surface area contributed by atoms with Crippen LogP contribution in [-0.4, -0.2) is 43.1 Å². The molecular weight excluding hydrogens is 424 g/mol. The molecule has 0 aliphatic rings. The predicted octanol–water partition coefficient (Wildman–Crippen LogP) is 3.74. The predicted molar refractivity (Wildman–Crippen MR) is 123 cm³/mol. The van der Waals surface area contributed by atoms with E-state index in [1.807, 2.05) is 77.7 Å². The number of methoxy groups -OCH3 is 1. The molecule has 9 heteroatoms. The van der Waals surface area contributed by atoms with E-state index in [0.29, 0.717) is 5.16 Å². The third-order valence-corrected chi connectivity index (χ3v) is 5.96. The van der Waals surface area contributed by atoms with E-state index in [2.05, 4.69) is 20.5 Å². The first-order valence-electron chi connectivity index (χ1n) is 10.1. The van der Waals surface area contributed by atoms with Gasteiger partial charge >= 0.3 is 0 Å². The number of thioether (sulfide) groups is 1. The molecule has 2 heterocycles. The summed E-state index contributed by atoms with van der Waals surface area (Å²) in [6, 6.07) is 15.6. The highest BCUT2D eigenvalue weighted by atomic mass is 32.2. The van der Waals surface area contributed by atoms with Crippen molar-refractivity contribution in [3.05, 3.63) is 78.6 Å². The number of carbonyl (C=O) groups is 1. The Morgan fingerprint density at radius 2 is 1.94 bits per heavy atom. The van der Waals surface area contributed by atoms with Crippen LogP contribution in [0.1, 0.15) is 24.4 Å². The highest BCUT2D eigenvalue weighted by Gasteiger charge is 2.17. The van der Waals surface area contributed by atoms with Crippen molar-refractivity contribution >= 4 is 17.7 Å². The second-order valence-corrected chi connectivity index (χ2v) is 8.12. The zero-order valence-electron chi connectivity index (χ0n) is 18.1. The second kappa shape index (κ2) is 9.69. The first-order chi connectivity index (χ1) is 15.6. The van der Waals surface area contributed by atoms with E-state index in [1.54, 1.807) is 19.6 Å². The summed E-state index contributed by atoms with van der Waals surface area (Å²) in [5, 5.41) is 12.1. The number of ether oxygens (including phenoxy) is 1. The van der Waals surface area contributed by atoms with Crippen LogP contribution in [0.3, 0.4) is 0 Å². The number of hydrogen-bond donors (Lipinski definition) is 1. The molecule has 1 amide bonds. The standard InChI is InChI=1S/C23H24N6O2S/c1-16(18-8-10-19(11-9-18)28-13-12-24-15-28)25-22(30)14-32-23-27-26-17(2)29(23)20-6-4-5-7-21(20)31-3/h4-13,15-16H,14H2,1-3H3,(H,25,30)/t16-/m0/s1. The summed E-state index contributed by atoms with van der Waals surface area (Å²) in [4.78, 5) is 16.7. The van der Waals surface area contributed by atoms with E-state index in [4.69, 9.17) is 4.74 Å². The number of rotatable bonds is 8. The summed E-state index contributed by atoms with van der Waals surface area (Å²) in [6.45, 7) is 3.84. The average molecular weight is 449 g/mol. The lowest BCUT2D eigenvalue weighted by Crippen LogP contribution is -2.28. The molecule has 0 radical (unpaired) electrons. The minimum absolute atomic E-state index is 0.0755. The lowest BCUT2D eigenvalue weighted by molar-refractivity contribution is -0.119. The van der Waals surface area contributed by atoms with Crippen LogP contribution in [0, 0.1) is 6.92 Å². The van der Waals surface area contributed by atoms with Gasteiger partial charge in [-0.1, -0.05) is 36.0 Å². The monoisotopic (exact) mass is 448 g/mol. The fraction of sp³-hybridized carbons (Fsp3) is 0.217. The van der Waals surface area contributed by atoms with Gasteiger partial charge in [-0.05, 0) is 43.7 Å². The van der Waals surface area contributed by atoms with Crippen LogP contribution in [0.4, 0.5) is 0 Å². The zero-order chi connectivity index (χ0) is 22.5. The number of carbonyl (C=O) groups excluding carboxylic acids is 1. The molecule has 0 unspecified atom stereocenters. The summed E-state index contributed by atoms with van der Waals surface area (Å²) in [6.07, 6.45) is 5.39. The highest BCUT2D eigenvalue weighted by Crippen LogP contribution is 2.28. The zero-order valence-corrected chi connectivity index (χ0v) is 18.9. The molecule has 1 N–H and O–H groups in total. The SMILES string of the molecule is COc1ccccc1-n1c(C)nnc1SCC(=O)N[C@@H](C)c1ccc(-n2ccnc2)cc1. The molecular formula is C23H24N6O2S. The van der Waals surface area contributed by atoms with Crippen LogP contribution >= 0.6 is 11.8 Å². The Morgan fingerprint density at radius 1 is 1.16 bits per heavy atom. The number of benzene rings is 2. The molecule has 164 valence electrons. The molecule has 0 fully saturated rings. The molecule has 0 saturated heterocycles. The van der Waals surface area contributed by atoms with Crippen LogP contribution in [0.5, 0.6) is 5.75 Å². The van der Waals surface area contributed by atoms with Gasteiger partial charge in [-0.25, -0.2) is 4.98 Å². The van der Waals surface area contributed by atoms with Crippen molar-refractivity contribution in [3.63, 3.8) is 0 Å². The molecule has 0 aliphatic heterocycles. The van der Waals surface area contributed by atoms with Crippen LogP contribution in [-0.2, 0) is 4.79 Å². The van der Waals surface area contributed by atoms with Crippen molar-refractivity contribution in [2.75, 3.05) is 12.9 Å². The van der Waals surface area contributed by atoms with Gasteiger partial charge in [0.25, 0.3) is 0 Å². The fourth-order valence-electron chi connectivity index (χ4n) is 3.37. The molecule has 2 aromatic carbocycles. The van der Waals surface area contributed by atoms with Gasteiger partial charge in [0.2, 0.25) is 5.91 Å². The topological polar surface area (TPSA) is 86.9 Å². The Hall–Kier alpha value is -3.59. The first-order valence-corrected chi connectivity index (χ1v) is 11.1. The minimum atomic E-state index is -0.117. The lowest BCUT2D eigenvalue weighted by Gasteiger charge is -2.15. The van der Waals surface area contributed by atoms with Gasteiger partial charge in [-0.2, -0.15) is 0 Å². The molecule has 8 nitrogen and oxygen atoms in total. The third kappa shape index (κ3) is 4.67. The fourth-order valence-corrected chi connectivity index (χ4v) is 4.17. The summed E-state index contributed by atoms with van der Waals surface area (Å²) >= 11 is 1.34. The van der Waals surface area contributed by atoms with E-state index in [-0.39, 0.29) is 17.7 Å². The number of hydrogen-bond acceptors (Lipinski definition) is 6. The Bertz CT molecular complexity index is 1190. The third-order valence-electron chi connectivity index (χ3n) is 5.03. The van der Waals surface area contributed by atoms with E-state index < -0.39 is 0 Å². The Labute approximate surface area is 190 Å². The lowest BCUT2D eigenvalue weighted by atomic mass is 10.1. The number of aryl methyl sites for hydroxylation is 1. The van der Waals surface area contributed by atoms with E-state index in [9.17, 15) is 4.79 Å². The maximum Gasteiger partial charge on any atom is 0.230 e. The Balaban J connectivity index is 1.39. The largest absolute Gasteiger partial charge is 0.495 e. The smallest absolute Gasteiger partial charge is 0.230 e. The number of para-hydroxylation sites is 2. The molecule has 0 aliphatic carbocycles. The first kappa shape index (κ1) is 21.6. The summed E-state index contributed by atoms with van der Waals surface area (Å²) in [7, 11) is 1.63.